The van der Waals surface area contributed by atoms with E-state index in [1.807, 2.05) is 27.9 Å². The first kappa shape index (κ1) is 18.1. The molecule has 0 spiro atoms. The molecule has 0 aromatic carbocycles. The molecule has 2 rings (SSSR count). The lowest BCUT2D eigenvalue weighted by Crippen LogP contribution is -2.31. The monoisotopic (exact) mass is 334 g/mol. The molecule has 2 heterocycles. The summed E-state index contributed by atoms with van der Waals surface area (Å²) >= 11 is 0. The van der Waals surface area contributed by atoms with Crippen molar-refractivity contribution in [2.45, 2.75) is 39.7 Å². The zero-order valence-corrected chi connectivity index (χ0v) is 15.0. The van der Waals surface area contributed by atoms with Gasteiger partial charge in [-0.1, -0.05) is 0 Å². The third kappa shape index (κ3) is 4.41. The fourth-order valence-corrected chi connectivity index (χ4v) is 2.72. The summed E-state index contributed by atoms with van der Waals surface area (Å²) in [5.41, 5.74) is 1.81. The van der Waals surface area contributed by atoms with Crippen LogP contribution in [0.4, 0.5) is 5.82 Å². The summed E-state index contributed by atoms with van der Waals surface area (Å²) in [5, 5.41) is 7.76. The second-order valence-electron chi connectivity index (χ2n) is 6.11. The number of anilines is 1. The lowest BCUT2D eigenvalue weighted by molar-refractivity contribution is -0.143. The Morgan fingerprint density at radius 2 is 2.21 bits per heavy atom. The molecule has 0 saturated heterocycles. The number of fused-ring (bicyclic) bond motifs is 1. The summed E-state index contributed by atoms with van der Waals surface area (Å²) in [7, 11) is 4.06. The molecule has 2 aromatic rings. The van der Waals surface area contributed by atoms with E-state index >= 15 is 0 Å². The van der Waals surface area contributed by atoms with Gasteiger partial charge in [-0.05, 0) is 41.3 Å². The molecule has 1 atom stereocenters. The highest BCUT2D eigenvalue weighted by Crippen LogP contribution is 2.22. The summed E-state index contributed by atoms with van der Waals surface area (Å²) in [5.74, 6) is 1.18. The number of carbonyl (C=O) groups excluding carboxylic acids is 1. The molecule has 0 saturated carbocycles. The Bertz CT molecular complexity index is 697. The molecule has 8 heteroatoms. The normalized spacial score (nSPS) is 12.6. The molecule has 1 N–H and O–H groups in total. The van der Waals surface area contributed by atoms with Crippen LogP contribution in [0, 0.1) is 6.92 Å². The van der Waals surface area contributed by atoms with Crippen LogP contribution in [0.1, 0.15) is 31.5 Å². The Morgan fingerprint density at radius 3 is 2.88 bits per heavy atom. The van der Waals surface area contributed by atoms with E-state index in [9.17, 15) is 4.79 Å². The van der Waals surface area contributed by atoms with E-state index in [1.165, 1.54) is 6.33 Å². The molecule has 132 valence electrons. The lowest BCUT2D eigenvalue weighted by Gasteiger charge is -2.22. The maximum Gasteiger partial charge on any atom is 0.306 e. The summed E-state index contributed by atoms with van der Waals surface area (Å²) < 4.78 is 6.72. The van der Waals surface area contributed by atoms with Crippen LogP contribution in [0.15, 0.2) is 6.33 Å². The van der Waals surface area contributed by atoms with Gasteiger partial charge in [-0.3, -0.25) is 4.79 Å². The van der Waals surface area contributed by atoms with E-state index in [0.717, 1.165) is 23.6 Å². The first-order chi connectivity index (χ1) is 11.4. The molecule has 0 aliphatic carbocycles. The summed E-state index contributed by atoms with van der Waals surface area (Å²) in [6.07, 6.45) is 2.34. The van der Waals surface area contributed by atoms with Gasteiger partial charge in [0.25, 0.3) is 5.78 Å². The maximum absolute atomic E-state index is 11.7. The average Bonchev–Trinajstić information content (AvgIpc) is 2.94. The number of likely N-dealkylation sites (N-methyl/N-ethyl adjacent to an activating group) is 1. The van der Waals surface area contributed by atoms with Crippen molar-refractivity contribution in [2.75, 3.05) is 32.6 Å². The second kappa shape index (κ2) is 8.05. The SMILES string of the molecule is CCOC(=O)CCc1c(C)nc2ncnn2c1NC(C)CN(C)C. The number of rotatable bonds is 8. The molecule has 0 radical (unpaired) electrons. The van der Waals surface area contributed by atoms with Gasteiger partial charge in [-0.25, -0.2) is 4.98 Å². The van der Waals surface area contributed by atoms with Crippen molar-refractivity contribution in [3.05, 3.63) is 17.6 Å². The topological polar surface area (TPSA) is 84.6 Å². The third-order valence-corrected chi connectivity index (χ3v) is 3.64. The summed E-state index contributed by atoms with van der Waals surface area (Å²) in [4.78, 5) is 22.5. The van der Waals surface area contributed by atoms with Gasteiger partial charge < -0.3 is 15.0 Å². The number of carbonyl (C=O) groups is 1. The van der Waals surface area contributed by atoms with Crippen molar-refractivity contribution < 1.29 is 9.53 Å². The molecule has 2 aromatic heterocycles. The van der Waals surface area contributed by atoms with Gasteiger partial charge in [0.15, 0.2) is 0 Å². The highest BCUT2D eigenvalue weighted by molar-refractivity contribution is 5.70. The number of hydrogen-bond donors (Lipinski definition) is 1. The minimum Gasteiger partial charge on any atom is -0.466 e. The summed E-state index contributed by atoms with van der Waals surface area (Å²) in [6, 6.07) is 0.204. The van der Waals surface area contributed by atoms with E-state index in [0.29, 0.717) is 25.2 Å². The minimum atomic E-state index is -0.206. The highest BCUT2D eigenvalue weighted by Gasteiger charge is 2.17. The molecule has 0 fully saturated rings. The van der Waals surface area contributed by atoms with E-state index in [-0.39, 0.29) is 12.0 Å². The van der Waals surface area contributed by atoms with Gasteiger partial charge in [0.1, 0.15) is 12.1 Å². The van der Waals surface area contributed by atoms with Gasteiger partial charge >= 0.3 is 5.97 Å². The van der Waals surface area contributed by atoms with Crippen molar-refractivity contribution in [3.63, 3.8) is 0 Å². The van der Waals surface area contributed by atoms with Crippen LogP contribution in [0.25, 0.3) is 5.78 Å². The maximum atomic E-state index is 11.7. The number of hydrogen-bond acceptors (Lipinski definition) is 7. The van der Waals surface area contributed by atoms with Gasteiger partial charge in [-0.15, -0.1) is 0 Å². The average molecular weight is 334 g/mol. The first-order valence-corrected chi connectivity index (χ1v) is 8.18. The largest absolute Gasteiger partial charge is 0.466 e. The van der Waals surface area contributed by atoms with E-state index in [1.54, 1.807) is 4.52 Å². The zero-order valence-electron chi connectivity index (χ0n) is 15.0. The molecular formula is C16H26N6O2. The molecule has 0 aliphatic rings. The van der Waals surface area contributed by atoms with Gasteiger partial charge in [0, 0.05) is 30.3 Å². The van der Waals surface area contributed by atoms with Crippen molar-refractivity contribution in [2.24, 2.45) is 0 Å². The number of nitrogens with one attached hydrogen (secondary N) is 1. The molecule has 8 nitrogen and oxygen atoms in total. The van der Waals surface area contributed by atoms with E-state index < -0.39 is 0 Å². The van der Waals surface area contributed by atoms with Gasteiger partial charge in [0.2, 0.25) is 0 Å². The predicted molar refractivity (Wildman–Crippen MR) is 92.1 cm³/mol. The predicted octanol–water partition coefficient (Wildman–Crippen LogP) is 1.29. The number of aromatic nitrogens is 4. The fourth-order valence-electron chi connectivity index (χ4n) is 2.72. The van der Waals surface area contributed by atoms with Crippen LogP contribution in [0.5, 0.6) is 0 Å². The Hall–Kier alpha value is -2.22. The van der Waals surface area contributed by atoms with Crippen molar-refractivity contribution >= 4 is 17.6 Å². The van der Waals surface area contributed by atoms with E-state index in [4.69, 9.17) is 4.74 Å². The highest BCUT2D eigenvalue weighted by atomic mass is 16.5. The van der Waals surface area contributed by atoms with Crippen molar-refractivity contribution in [3.8, 4) is 0 Å². The Balaban J connectivity index is 2.31. The van der Waals surface area contributed by atoms with Crippen molar-refractivity contribution in [1.29, 1.82) is 0 Å². The smallest absolute Gasteiger partial charge is 0.306 e. The van der Waals surface area contributed by atoms with E-state index in [2.05, 4.69) is 32.2 Å². The zero-order chi connectivity index (χ0) is 17.7. The number of ether oxygens (including phenoxy) is 1. The molecular weight excluding hydrogens is 308 g/mol. The lowest BCUT2D eigenvalue weighted by atomic mass is 10.1. The molecule has 0 aliphatic heterocycles. The van der Waals surface area contributed by atoms with Gasteiger partial charge in [0.05, 0.1) is 6.61 Å². The Labute approximate surface area is 142 Å². The van der Waals surface area contributed by atoms with Crippen LogP contribution in [0.3, 0.4) is 0 Å². The summed E-state index contributed by atoms with van der Waals surface area (Å²) in [6.45, 7) is 7.10. The van der Waals surface area contributed by atoms with Crippen LogP contribution in [-0.2, 0) is 16.0 Å². The van der Waals surface area contributed by atoms with Crippen LogP contribution in [0.2, 0.25) is 0 Å². The van der Waals surface area contributed by atoms with Crippen molar-refractivity contribution in [1.82, 2.24) is 24.5 Å². The van der Waals surface area contributed by atoms with Crippen LogP contribution >= 0.6 is 0 Å². The molecule has 0 amide bonds. The Kier molecular flexibility index (Phi) is 6.08. The second-order valence-corrected chi connectivity index (χ2v) is 6.11. The molecule has 0 bridgehead atoms. The third-order valence-electron chi connectivity index (χ3n) is 3.64. The molecule has 1 unspecified atom stereocenters. The van der Waals surface area contributed by atoms with Gasteiger partial charge in [-0.2, -0.15) is 14.6 Å². The Morgan fingerprint density at radius 1 is 1.46 bits per heavy atom. The van der Waals surface area contributed by atoms with Crippen LogP contribution < -0.4 is 5.32 Å². The molecule has 24 heavy (non-hydrogen) atoms. The quantitative estimate of drug-likeness (QED) is 0.728. The standard InChI is InChI=1S/C16H26N6O2/c1-6-24-14(23)8-7-13-12(3)20-16-17-10-18-22(16)15(13)19-11(2)9-21(4)5/h10-11,19H,6-9H2,1-5H3. The fraction of sp³-hybridized carbons (Fsp3) is 0.625. The van der Waals surface area contributed by atoms with Crippen LogP contribution in [-0.4, -0.2) is 63.7 Å². The number of esters is 1. The minimum absolute atomic E-state index is 0.204. The number of aryl methyl sites for hydroxylation is 1. The first-order valence-electron chi connectivity index (χ1n) is 8.18. The number of nitrogens with zero attached hydrogens (tertiary/aromatic N) is 5.